The molecular weight excluding hydrogens is 122 g/mol. The maximum absolute atomic E-state index is 11.3. The normalized spacial score (nSPS) is 11.3. The first-order chi connectivity index (χ1) is 3.55. The molecule has 46 valence electrons. The standard InChI is InChI=1S/C4H5FO3.Li/c1-2(3(5)6)4(7)8;/h2H,1H3,(H,7,8);/q;+1/p-1. The van der Waals surface area contributed by atoms with Crippen molar-refractivity contribution >= 4 is 12.0 Å². The summed E-state index contributed by atoms with van der Waals surface area (Å²) in [5.74, 6) is -3.31. The van der Waals surface area contributed by atoms with E-state index in [0.29, 0.717) is 0 Å². The number of carboxylic acid groups (broad SMARTS) is 1. The molecule has 0 saturated carbocycles. The van der Waals surface area contributed by atoms with Gasteiger partial charge in [0.1, 0.15) is 0 Å². The molecule has 0 amide bonds. The molecular formula is C4H4FLiO3. The van der Waals surface area contributed by atoms with Crippen molar-refractivity contribution in [3.05, 3.63) is 0 Å². The van der Waals surface area contributed by atoms with Gasteiger partial charge in [-0.2, -0.15) is 4.39 Å². The van der Waals surface area contributed by atoms with Crippen LogP contribution in [0.4, 0.5) is 4.39 Å². The zero-order valence-corrected chi connectivity index (χ0v) is 5.18. The molecule has 0 aromatic carbocycles. The second kappa shape index (κ2) is 4.54. The van der Waals surface area contributed by atoms with Gasteiger partial charge in [-0.15, -0.1) is 0 Å². The van der Waals surface area contributed by atoms with Crippen LogP contribution in [0, 0.1) is 5.92 Å². The second-order valence-corrected chi connectivity index (χ2v) is 1.34. The molecule has 0 aliphatic heterocycles. The maximum atomic E-state index is 11.3. The Labute approximate surface area is 63.4 Å². The average Bonchev–Trinajstić information content (AvgIpc) is 1.64. The van der Waals surface area contributed by atoms with Crippen molar-refractivity contribution < 1.29 is 37.9 Å². The Morgan fingerprint density at radius 1 is 1.56 bits per heavy atom. The Kier molecular flexibility index (Phi) is 5.78. The first-order valence-corrected chi connectivity index (χ1v) is 1.96. The van der Waals surface area contributed by atoms with Gasteiger partial charge in [0, 0.05) is 0 Å². The minimum atomic E-state index is -1.87. The van der Waals surface area contributed by atoms with Gasteiger partial charge >= 0.3 is 24.9 Å². The fraction of sp³-hybridized carbons (Fsp3) is 0.500. The van der Waals surface area contributed by atoms with Crippen LogP contribution >= 0.6 is 0 Å². The van der Waals surface area contributed by atoms with E-state index in [1.54, 1.807) is 0 Å². The molecule has 0 fully saturated rings. The van der Waals surface area contributed by atoms with Crippen LogP contribution in [0.5, 0.6) is 0 Å². The van der Waals surface area contributed by atoms with Gasteiger partial charge in [-0.05, 0) is 6.92 Å². The van der Waals surface area contributed by atoms with Crippen LogP contribution < -0.4 is 24.0 Å². The number of hydrogen-bond acceptors (Lipinski definition) is 3. The topological polar surface area (TPSA) is 57.2 Å². The van der Waals surface area contributed by atoms with Gasteiger partial charge < -0.3 is 9.90 Å². The largest absolute Gasteiger partial charge is 1.00 e. The Morgan fingerprint density at radius 3 is 1.89 bits per heavy atom. The Bertz CT molecular complexity index is 111. The van der Waals surface area contributed by atoms with Crippen LogP contribution in [0.25, 0.3) is 0 Å². The monoisotopic (exact) mass is 126 g/mol. The summed E-state index contributed by atoms with van der Waals surface area (Å²) in [6.07, 6.45) is 0. The summed E-state index contributed by atoms with van der Waals surface area (Å²) >= 11 is 0. The van der Waals surface area contributed by atoms with Crippen LogP contribution in [0.1, 0.15) is 6.92 Å². The zero-order valence-electron chi connectivity index (χ0n) is 5.18. The molecule has 0 saturated heterocycles. The number of rotatable bonds is 2. The predicted molar refractivity (Wildman–Crippen MR) is 20.3 cm³/mol. The number of carbonyl (C=O) groups excluding carboxylic acids is 2. The van der Waals surface area contributed by atoms with Gasteiger partial charge in [-0.25, -0.2) is 0 Å². The molecule has 0 aliphatic rings. The molecule has 0 aromatic heterocycles. The van der Waals surface area contributed by atoms with Gasteiger partial charge in [-0.3, -0.25) is 4.79 Å². The third-order valence-electron chi connectivity index (χ3n) is 0.694. The van der Waals surface area contributed by atoms with E-state index in [1.165, 1.54) is 0 Å². The molecule has 0 spiro atoms. The fourth-order valence-corrected chi connectivity index (χ4v) is 0.0927. The van der Waals surface area contributed by atoms with E-state index in [9.17, 15) is 19.1 Å². The summed E-state index contributed by atoms with van der Waals surface area (Å²) < 4.78 is 11.3. The second-order valence-electron chi connectivity index (χ2n) is 1.34. The van der Waals surface area contributed by atoms with Gasteiger partial charge in [0.25, 0.3) is 0 Å². The molecule has 1 unspecified atom stereocenters. The molecule has 5 heteroatoms. The molecule has 0 aromatic rings. The van der Waals surface area contributed by atoms with Crippen LogP contribution in [-0.4, -0.2) is 12.0 Å². The van der Waals surface area contributed by atoms with Crippen LogP contribution in [0.2, 0.25) is 0 Å². The molecule has 0 N–H and O–H groups in total. The SMILES string of the molecule is CC(C(=O)[O-])C(=O)F.[Li+]. The molecule has 9 heavy (non-hydrogen) atoms. The van der Waals surface area contributed by atoms with Crippen LogP contribution in [0.15, 0.2) is 0 Å². The number of halogens is 1. The quantitative estimate of drug-likeness (QED) is 0.214. The van der Waals surface area contributed by atoms with Crippen molar-refractivity contribution in [2.45, 2.75) is 6.92 Å². The van der Waals surface area contributed by atoms with Gasteiger partial charge in [0.15, 0.2) is 0 Å². The summed E-state index contributed by atoms with van der Waals surface area (Å²) in [4.78, 5) is 19.1. The van der Waals surface area contributed by atoms with E-state index in [0.717, 1.165) is 6.92 Å². The van der Waals surface area contributed by atoms with Crippen molar-refractivity contribution in [1.82, 2.24) is 0 Å². The van der Waals surface area contributed by atoms with Crippen molar-refractivity contribution in [2.24, 2.45) is 5.92 Å². The Morgan fingerprint density at radius 2 is 1.89 bits per heavy atom. The first-order valence-electron chi connectivity index (χ1n) is 1.96. The molecule has 0 heterocycles. The van der Waals surface area contributed by atoms with Crippen LogP contribution in [0.3, 0.4) is 0 Å². The number of aliphatic carboxylic acids is 1. The van der Waals surface area contributed by atoms with Crippen molar-refractivity contribution in [1.29, 1.82) is 0 Å². The maximum Gasteiger partial charge on any atom is 1.00 e. The van der Waals surface area contributed by atoms with Gasteiger partial charge in [0.2, 0.25) is 0 Å². The predicted octanol–water partition coefficient (Wildman–Crippen LogP) is -4.13. The van der Waals surface area contributed by atoms with E-state index < -0.39 is 17.9 Å². The summed E-state index contributed by atoms with van der Waals surface area (Å²) in [5, 5.41) is 9.57. The van der Waals surface area contributed by atoms with Crippen molar-refractivity contribution in [3.63, 3.8) is 0 Å². The van der Waals surface area contributed by atoms with E-state index >= 15 is 0 Å². The summed E-state index contributed by atoms with van der Waals surface area (Å²) in [6.45, 7) is 0.928. The molecule has 0 aliphatic carbocycles. The first kappa shape index (κ1) is 11.5. The molecule has 3 nitrogen and oxygen atoms in total. The fourth-order valence-electron chi connectivity index (χ4n) is 0.0927. The van der Waals surface area contributed by atoms with Crippen LogP contribution in [-0.2, 0) is 9.59 Å². The molecule has 0 bridgehead atoms. The zero-order chi connectivity index (χ0) is 6.73. The van der Waals surface area contributed by atoms with E-state index in [4.69, 9.17) is 0 Å². The Balaban J connectivity index is 0. The molecule has 0 rings (SSSR count). The van der Waals surface area contributed by atoms with E-state index in [2.05, 4.69) is 0 Å². The third-order valence-corrected chi connectivity index (χ3v) is 0.694. The smallest absolute Gasteiger partial charge is 0.549 e. The molecule has 0 radical (unpaired) electrons. The summed E-state index contributed by atoms with van der Waals surface area (Å²) in [6, 6.07) is -1.87. The summed E-state index contributed by atoms with van der Waals surface area (Å²) in [5.41, 5.74) is 0. The number of carbonyl (C=O) groups is 2. The average molecular weight is 126 g/mol. The Hall–Kier alpha value is -0.333. The minimum absolute atomic E-state index is 0. The summed E-state index contributed by atoms with van der Waals surface area (Å²) in [7, 11) is 0. The molecule has 1 atom stereocenters. The number of hydrogen-bond donors (Lipinski definition) is 0. The van der Waals surface area contributed by atoms with E-state index in [-0.39, 0.29) is 18.9 Å². The number of carboxylic acids is 1. The van der Waals surface area contributed by atoms with Gasteiger partial charge in [0.05, 0.1) is 11.9 Å². The third kappa shape index (κ3) is 4.19. The minimum Gasteiger partial charge on any atom is -0.549 e. The van der Waals surface area contributed by atoms with E-state index in [1.807, 2.05) is 0 Å². The van der Waals surface area contributed by atoms with Crippen molar-refractivity contribution in [3.8, 4) is 0 Å². The van der Waals surface area contributed by atoms with Gasteiger partial charge in [-0.1, -0.05) is 0 Å². The van der Waals surface area contributed by atoms with Crippen molar-refractivity contribution in [2.75, 3.05) is 0 Å².